The van der Waals surface area contributed by atoms with Crippen molar-refractivity contribution >= 4 is 11.7 Å². The molecule has 7 heteroatoms. The highest BCUT2D eigenvalue weighted by Crippen LogP contribution is 2.34. The smallest absolute Gasteiger partial charge is 0.396 e. The lowest BCUT2D eigenvalue weighted by Gasteiger charge is -2.18. The van der Waals surface area contributed by atoms with Crippen LogP contribution in [-0.4, -0.2) is 23.8 Å². The molecule has 1 aromatic carbocycles. The fourth-order valence-electron chi connectivity index (χ4n) is 1.72. The van der Waals surface area contributed by atoms with E-state index in [2.05, 4.69) is 10.6 Å². The van der Waals surface area contributed by atoms with Crippen LogP contribution in [0.5, 0.6) is 0 Å². The Balaban J connectivity index is 2.76. The van der Waals surface area contributed by atoms with Gasteiger partial charge in [-0.15, -0.1) is 0 Å². The van der Waals surface area contributed by atoms with E-state index in [1.54, 1.807) is 0 Å². The highest BCUT2D eigenvalue weighted by Gasteiger charge is 2.33. The standard InChI is InChI=1S/C13H17F3N2O2/c1-2-9(7-8-19)17-12(20)18-11-6-4-3-5-10(11)13(14,15)16/h3-6,9,19H,2,7-8H2,1H3,(H2,17,18,20)/t9-/m0/s1. The molecule has 2 amide bonds. The van der Waals surface area contributed by atoms with Gasteiger partial charge in [-0.05, 0) is 25.0 Å². The predicted molar refractivity (Wildman–Crippen MR) is 69.4 cm³/mol. The maximum atomic E-state index is 12.7. The van der Waals surface area contributed by atoms with Crippen molar-refractivity contribution in [1.82, 2.24) is 5.32 Å². The second-order valence-corrected chi connectivity index (χ2v) is 4.26. The van der Waals surface area contributed by atoms with E-state index in [9.17, 15) is 18.0 Å². The fourth-order valence-corrected chi connectivity index (χ4v) is 1.72. The summed E-state index contributed by atoms with van der Waals surface area (Å²) in [6, 6.07) is 3.76. The summed E-state index contributed by atoms with van der Waals surface area (Å²) in [6.07, 6.45) is -3.60. The van der Waals surface area contributed by atoms with Gasteiger partial charge in [0.1, 0.15) is 0 Å². The average molecular weight is 290 g/mol. The molecule has 3 N–H and O–H groups in total. The van der Waals surface area contributed by atoms with Crippen LogP contribution in [0.4, 0.5) is 23.7 Å². The van der Waals surface area contributed by atoms with E-state index in [-0.39, 0.29) is 18.3 Å². The Kier molecular flexibility index (Phi) is 5.82. The van der Waals surface area contributed by atoms with Crippen LogP contribution >= 0.6 is 0 Å². The molecule has 0 saturated heterocycles. The van der Waals surface area contributed by atoms with Gasteiger partial charge in [0.2, 0.25) is 0 Å². The number of carbonyl (C=O) groups is 1. The molecule has 1 aromatic rings. The van der Waals surface area contributed by atoms with Crippen molar-refractivity contribution in [3.8, 4) is 0 Å². The van der Waals surface area contributed by atoms with Crippen molar-refractivity contribution < 1.29 is 23.1 Å². The number of aliphatic hydroxyl groups is 1. The van der Waals surface area contributed by atoms with Crippen molar-refractivity contribution in [3.05, 3.63) is 29.8 Å². The topological polar surface area (TPSA) is 61.4 Å². The van der Waals surface area contributed by atoms with E-state index in [4.69, 9.17) is 5.11 Å². The number of carbonyl (C=O) groups excluding carboxylic acids is 1. The molecule has 0 bridgehead atoms. The van der Waals surface area contributed by atoms with E-state index in [1.807, 2.05) is 6.92 Å². The van der Waals surface area contributed by atoms with Gasteiger partial charge in [0.15, 0.2) is 0 Å². The molecule has 0 aromatic heterocycles. The van der Waals surface area contributed by atoms with E-state index < -0.39 is 17.8 Å². The number of anilines is 1. The zero-order chi connectivity index (χ0) is 15.2. The molecule has 0 saturated carbocycles. The van der Waals surface area contributed by atoms with Crippen LogP contribution in [0.25, 0.3) is 0 Å². The van der Waals surface area contributed by atoms with Crippen LogP contribution in [0.3, 0.4) is 0 Å². The van der Waals surface area contributed by atoms with Crippen LogP contribution in [0.1, 0.15) is 25.3 Å². The molecule has 1 rings (SSSR count). The number of alkyl halides is 3. The first-order valence-electron chi connectivity index (χ1n) is 6.23. The molecular weight excluding hydrogens is 273 g/mol. The Morgan fingerprint density at radius 1 is 1.35 bits per heavy atom. The molecule has 4 nitrogen and oxygen atoms in total. The first kappa shape index (κ1) is 16.3. The number of benzene rings is 1. The first-order chi connectivity index (χ1) is 9.38. The number of amides is 2. The van der Waals surface area contributed by atoms with Crippen molar-refractivity contribution in [2.45, 2.75) is 32.0 Å². The van der Waals surface area contributed by atoms with Crippen LogP contribution in [0.15, 0.2) is 24.3 Å². The number of urea groups is 1. The third-order valence-corrected chi connectivity index (χ3v) is 2.79. The number of rotatable bonds is 5. The number of hydrogen-bond donors (Lipinski definition) is 3. The zero-order valence-electron chi connectivity index (χ0n) is 11.0. The molecule has 0 aliphatic carbocycles. The summed E-state index contributed by atoms with van der Waals surface area (Å²) in [7, 11) is 0. The van der Waals surface area contributed by atoms with Crippen LogP contribution in [0, 0.1) is 0 Å². The van der Waals surface area contributed by atoms with E-state index in [0.717, 1.165) is 6.07 Å². The molecule has 0 fully saturated rings. The summed E-state index contributed by atoms with van der Waals surface area (Å²) in [5.74, 6) is 0. The van der Waals surface area contributed by atoms with Crippen molar-refractivity contribution in [2.75, 3.05) is 11.9 Å². The maximum Gasteiger partial charge on any atom is 0.418 e. The Bertz CT molecular complexity index is 449. The summed E-state index contributed by atoms with van der Waals surface area (Å²) in [5.41, 5.74) is -1.19. The molecule has 1 atom stereocenters. The molecule has 0 aliphatic heterocycles. The Labute approximate surface area is 115 Å². The highest BCUT2D eigenvalue weighted by atomic mass is 19.4. The van der Waals surface area contributed by atoms with Gasteiger partial charge in [0.25, 0.3) is 0 Å². The number of aliphatic hydroxyl groups excluding tert-OH is 1. The van der Waals surface area contributed by atoms with Gasteiger partial charge in [-0.25, -0.2) is 4.79 Å². The van der Waals surface area contributed by atoms with Crippen molar-refractivity contribution in [3.63, 3.8) is 0 Å². The van der Waals surface area contributed by atoms with E-state index >= 15 is 0 Å². The van der Waals surface area contributed by atoms with E-state index in [1.165, 1.54) is 18.2 Å². The Hall–Kier alpha value is -1.76. The van der Waals surface area contributed by atoms with Gasteiger partial charge < -0.3 is 15.7 Å². The average Bonchev–Trinajstić information content (AvgIpc) is 2.37. The molecule has 0 heterocycles. The predicted octanol–water partition coefficient (Wildman–Crippen LogP) is 2.99. The number of para-hydroxylation sites is 1. The lowest BCUT2D eigenvalue weighted by atomic mass is 10.1. The van der Waals surface area contributed by atoms with Gasteiger partial charge in [-0.1, -0.05) is 19.1 Å². The Morgan fingerprint density at radius 3 is 2.55 bits per heavy atom. The minimum Gasteiger partial charge on any atom is -0.396 e. The largest absolute Gasteiger partial charge is 0.418 e. The molecule has 20 heavy (non-hydrogen) atoms. The number of halogens is 3. The third-order valence-electron chi connectivity index (χ3n) is 2.79. The van der Waals surface area contributed by atoms with Gasteiger partial charge in [0, 0.05) is 12.6 Å². The molecule has 0 unspecified atom stereocenters. The lowest BCUT2D eigenvalue weighted by molar-refractivity contribution is -0.136. The van der Waals surface area contributed by atoms with Gasteiger partial charge in [-0.2, -0.15) is 13.2 Å². The first-order valence-corrected chi connectivity index (χ1v) is 6.23. The van der Waals surface area contributed by atoms with Gasteiger partial charge >= 0.3 is 12.2 Å². The van der Waals surface area contributed by atoms with E-state index in [0.29, 0.717) is 12.8 Å². The summed E-state index contributed by atoms with van der Waals surface area (Å²) >= 11 is 0. The normalized spacial score (nSPS) is 12.8. The molecule has 112 valence electrons. The summed E-state index contributed by atoms with van der Waals surface area (Å²) < 4.78 is 38.2. The number of nitrogens with one attached hydrogen (secondary N) is 2. The lowest BCUT2D eigenvalue weighted by Crippen LogP contribution is -2.38. The highest BCUT2D eigenvalue weighted by molar-refractivity contribution is 5.90. The Morgan fingerprint density at radius 2 is 2.00 bits per heavy atom. The SMILES string of the molecule is CC[C@@H](CCO)NC(=O)Nc1ccccc1C(F)(F)F. The molecule has 0 aliphatic rings. The molecular formula is C13H17F3N2O2. The minimum absolute atomic E-state index is 0.0993. The number of hydrogen-bond acceptors (Lipinski definition) is 2. The van der Waals surface area contributed by atoms with Crippen LogP contribution < -0.4 is 10.6 Å². The monoisotopic (exact) mass is 290 g/mol. The molecule has 0 spiro atoms. The summed E-state index contributed by atoms with van der Waals surface area (Å²) in [5, 5.41) is 13.5. The van der Waals surface area contributed by atoms with Crippen molar-refractivity contribution in [2.24, 2.45) is 0 Å². The summed E-state index contributed by atoms with van der Waals surface area (Å²) in [6.45, 7) is 1.71. The quantitative estimate of drug-likeness (QED) is 0.780. The third kappa shape index (κ3) is 4.73. The van der Waals surface area contributed by atoms with Gasteiger partial charge in [0.05, 0.1) is 11.3 Å². The van der Waals surface area contributed by atoms with Crippen LogP contribution in [0.2, 0.25) is 0 Å². The van der Waals surface area contributed by atoms with Crippen molar-refractivity contribution in [1.29, 1.82) is 0 Å². The van der Waals surface area contributed by atoms with Crippen LogP contribution in [-0.2, 0) is 6.18 Å². The van der Waals surface area contributed by atoms with Gasteiger partial charge in [-0.3, -0.25) is 0 Å². The summed E-state index contributed by atoms with van der Waals surface area (Å²) in [4.78, 5) is 11.7. The molecule has 0 radical (unpaired) electrons. The second kappa shape index (κ2) is 7.14. The fraction of sp³-hybridized carbons (Fsp3) is 0.462. The zero-order valence-corrected chi connectivity index (χ0v) is 11.0. The maximum absolute atomic E-state index is 12.7. The second-order valence-electron chi connectivity index (χ2n) is 4.26. The minimum atomic E-state index is -4.53.